The first-order valence-electron chi connectivity index (χ1n) is 7.93. The van der Waals surface area contributed by atoms with Gasteiger partial charge >= 0.3 is 6.09 Å². The third-order valence-electron chi connectivity index (χ3n) is 4.73. The van der Waals surface area contributed by atoms with E-state index in [0.29, 0.717) is 18.1 Å². The van der Waals surface area contributed by atoms with Crippen LogP contribution in [0.1, 0.15) is 37.5 Å². The molecule has 3 rings (SSSR count). The first-order chi connectivity index (χ1) is 11.7. The number of fused-ring (bicyclic) bond motifs is 1. The number of benzene rings is 2. The number of halogens is 3. The topological polar surface area (TPSA) is 52.3 Å². The predicted molar refractivity (Wildman–Crippen MR) is 87.3 cm³/mol. The van der Waals surface area contributed by atoms with Crippen molar-refractivity contribution >= 4 is 6.09 Å². The summed E-state index contributed by atoms with van der Waals surface area (Å²) >= 11 is 0. The molecule has 0 fully saturated rings. The fourth-order valence-corrected chi connectivity index (χ4v) is 3.34. The third-order valence-corrected chi connectivity index (χ3v) is 4.73. The Balaban J connectivity index is 2.06. The quantitative estimate of drug-likeness (QED) is 0.786. The maximum atomic E-state index is 14.0. The summed E-state index contributed by atoms with van der Waals surface area (Å²) in [5.41, 5.74) is 6.97. The molecule has 0 aromatic heterocycles. The van der Waals surface area contributed by atoms with Crippen LogP contribution in [-0.4, -0.2) is 6.09 Å². The molecule has 6 heteroatoms. The van der Waals surface area contributed by atoms with E-state index in [4.69, 9.17) is 10.5 Å². The van der Waals surface area contributed by atoms with Crippen LogP contribution in [0.2, 0.25) is 0 Å². The SMILES string of the molecule is CC1(C)CCc2cc(-c3cc(F)c(F)cc3F)ccc2C1OC(N)=O. The van der Waals surface area contributed by atoms with E-state index in [-0.39, 0.29) is 11.0 Å². The van der Waals surface area contributed by atoms with Crippen molar-refractivity contribution in [1.29, 1.82) is 0 Å². The normalized spacial score (nSPS) is 18.5. The molecular formula is C19H18F3NO2. The van der Waals surface area contributed by atoms with Gasteiger partial charge < -0.3 is 10.5 Å². The van der Waals surface area contributed by atoms with Crippen LogP contribution in [0.15, 0.2) is 30.3 Å². The van der Waals surface area contributed by atoms with Gasteiger partial charge in [0.15, 0.2) is 11.6 Å². The van der Waals surface area contributed by atoms with Crippen molar-refractivity contribution < 1.29 is 22.7 Å². The molecule has 25 heavy (non-hydrogen) atoms. The van der Waals surface area contributed by atoms with Crippen molar-refractivity contribution in [3.05, 3.63) is 58.9 Å². The Hall–Kier alpha value is -2.50. The average molecular weight is 349 g/mol. The predicted octanol–water partition coefficient (Wildman–Crippen LogP) is 4.88. The number of nitrogens with two attached hydrogens (primary N) is 1. The molecule has 0 saturated carbocycles. The van der Waals surface area contributed by atoms with Gasteiger partial charge in [0, 0.05) is 17.0 Å². The van der Waals surface area contributed by atoms with Gasteiger partial charge in [-0.1, -0.05) is 32.0 Å². The zero-order chi connectivity index (χ0) is 18.4. The van der Waals surface area contributed by atoms with Gasteiger partial charge in [0.2, 0.25) is 0 Å². The van der Waals surface area contributed by atoms with Gasteiger partial charge in [-0.2, -0.15) is 0 Å². The molecule has 1 unspecified atom stereocenters. The molecule has 0 heterocycles. The molecule has 1 amide bonds. The Morgan fingerprint density at radius 2 is 1.80 bits per heavy atom. The lowest BCUT2D eigenvalue weighted by Crippen LogP contribution is -2.33. The number of hydrogen-bond donors (Lipinski definition) is 1. The zero-order valence-electron chi connectivity index (χ0n) is 13.9. The van der Waals surface area contributed by atoms with Gasteiger partial charge in [0.25, 0.3) is 0 Å². The number of amides is 1. The van der Waals surface area contributed by atoms with E-state index in [1.54, 1.807) is 18.2 Å². The number of aryl methyl sites for hydroxylation is 1. The number of ether oxygens (including phenoxy) is 1. The highest BCUT2D eigenvalue weighted by Gasteiger charge is 2.38. The Morgan fingerprint density at radius 3 is 2.48 bits per heavy atom. The molecule has 132 valence electrons. The first kappa shape index (κ1) is 17.3. The second-order valence-corrected chi connectivity index (χ2v) is 6.97. The van der Waals surface area contributed by atoms with E-state index in [9.17, 15) is 18.0 Å². The lowest BCUT2D eigenvalue weighted by atomic mass is 9.71. The molecule has 0 spiro atoms. The maximum Gasteiger partial charge on any atom is 0.405 e. The second-order valence-electron chi connectivity index (χ2n) is 6.97. The van der Waals surface area contributed by atoms with Gasteiger partial charge in [-0.15, -0.1) is 0 Å². The number of primary amides is 1. The fourth-order valence-electron chi connectivity index (χ4n) is 3.34. The van der Waals surface area contributed by atoms with Crippen LogP contribution in [0.25, 0.3) is 11.1 Å². The van der Waals surface area contributed by atoms with Crippen LogP contribution in [0, 0.1) is 22.9 Å². The van der Waals surface area contributed by atoms with Gasteiger partial charge in [-0.25, -0.2) is 18.0 Å². The molecule has 3 nitrogen and oxygen atoms in total. The molecule has 2 aromatic rings. The van der Waals surface area contributed by atoms with Crippen LogP contribution in [0.5, 0.6) is 0 Å². The van der Waals surface area contributed by atoms with E-state index in [0.717, 1.165) is 23.6 Å². The Labute approximate surface area is 143 Å². The number of carbonyl (C=O) groups is 1. The van der Waals surface area contributed by atoms with Crippen molar-refractivity contribution in [2.24, 2.45) is 11.1 Å². The molecule has 0 radical (unpaired) electrons. The average Bonchev–Trinajstić information content (AvgIpc) is 2.53. The lowest BCUT2D eigenvalue weighted by molar-refractivity contribution is 0.0147. The summed E-state index contributed by atoms with van der Waals surface area (Å²) in [6.45, 7) is 3.96. The lowest BCUT2D eigenvalue weighted by Gasteiger charge is -2.39. The molecule has 0 bridgehead atoms. The molecule has 0 aliphatic heterocycles. The second kappa shape index (κ2) is 6.10. The minimum absolute atomic E-state index is 0.0149. The highest BCUT2D eigenvalue weighted by Crippen LogP contribution is 2.46. The first-order valence-corrected chi connectivity index (χ1v) is 7.93. The summed E-state index contributed by atoms with van der Waals surface area (Å²) < 4.78 is 45.9. The van der Waals surface area contributed by atoms with Gasteiger partial charge in [0.05, 0.1) is 0 Å². The third kappa shape index (κ3) is 3.21. The van der Waals surface area contributed by atoms with E-state index in [2.05, 4.69) is 0 Å². The van der Waals surface area contributed by atoms with Crippen LogP contribution in [0.3, 0.4) is 0 Å². The monoisotopic (exact) mass is 349 g/mol. The molecule has 1 atom stereocenters. The van der Waals surface area contributed by atoms with Crippen LogP contribution in [-0.2, 0) is 11.2 Å². The largest absolute Gasteiger partial charge is 0.441 e. The Morgan fingerprint density at radius 1 is 1.12 bits per heavy atom. The van der Waals surface area contributed by atoms with E-state index >= 15 is 0 Å². The molecule has 0 saturated heterocycles. The van der Waals surface area contributed by atoms with Crippen molar-refractivity contribution in [2.45, 2.75) is 32.8 Å². The molecule has 1 aliphatic carbocycles. The van der Waals surface area contributed by atoms with Crippen molar-refractivity contribution in [1.82, 2.24) is 0 Å². The van der Waals surface area contributed by atoms with Gasteiger partial charge in [-0.3, -0.25) is 0 Å². The molecule has 2 aromatic carbocycles. The summed E-state index contributed by atoms with van der Waals surface area (Å²) in [5, 5.41) is 0. The smallest absolute Gasteiger partial charge is 0.405 e. The van der Waals surface area contributed by atoms with E-state index in [1.165, 1.54) is 0 Å². The maximum absolute atomic E-state index is 14.0. The highest BCUT2D eigenvalue weighted by molar-refractivity contribution is 5.67. The van der Waals surface area contributed by atoms with Crippen molar-refractivity contribution in [3.63, 3.8) is 0 Å². The summed E-state index contributed by atoms with van der Waals surface area (Å²) in [4.78, 5) is 11.2. The van der Waals surface area contributed by atoms with Crippen LogP contribution < -0.4 is 5.73 Å². The van der Waals surface area contributed by atoms with Crippen LogP contribution in [0.4, 0.5) is 18.0 Å². The zero-order valence-corrected chi connectivity index (χ0v) is 13.9. The van der Waals surface area contributed by atoms with E-state index in [1.807, 2.05) is 13.8 Å². The van der Waals surface area contributed by atoms with Crippen molar-refractivity contribution in [2.75, 3.05) is 0 Å². The standard InChI is InChI=1S/C19H18F3NO2/c1-19(2)6-5-11-7-10(3-4-12(11)17(19)25-18(23)24)13-8-15(21)16(22)9-14(13)20/h3-4,7-9,17H,5-6H2,1-2H3,(H2,23,24). The molecule has 2 N–H and O–H groups in total. The Bertz CT molecular complexity index is 849. The Kier molecular flexibility index (Phi) is 4.22. The van der Waals surface area contributed by atoms with Crippen LogP contribution >= 0.6 is 0 Å². The minimum atomic E-state index is -1.23. The fraction of sp³-hybridized carbons (Fsp3) is 0.316. The summed E-state index contributed by atoms with van der Waals surface area (Å²) in [7, 11) is 0. The number of carbonyl (C=O) groups excluding carboxylic acids is 1. The van der Waals surface area contributed by atoms with Crippen molar-refractivity contribution in [3.8, 4) is 11.1 Å². The van der Waals surface area contributed by atoms with Gasteiger partial charge in [-0.05, 0) is 35.6 Å². The van der Waals surface area contributed by atoms with Gasteiger partial charge in [0.1, 0.15) is 11.9 Å². The molecular weight excluding hydrogens is 331 g/mol. The summed E-state index contributed by atoms with van der Waals surface area (Å²) in [6.07, 6.45) is 0.0566. The minimum Gasteiger partial charge on any atom is -0.441 e. The summed E-state index contributed by atoms with van der Waals surface area (Å²) in [5.74, 6) is -3.17. The molecule has 1 aliphatic rings. The summed E-state index contributed by atoms with van der Waals surface area (Å²) in [6, 6.07) is 6.42. The highest BCUT2D eigenvalue weighted by atomic mass is 19.2. The number of hydrogen-bond acceptors (Lipinski definition) is 2. The van der Waals surface area contributed by atoms with E-state index < -0.39 is 29.6 Å². The number of rotatable bonds is 2.